The number of halogens is 1. The average molecular weight is 283 g/mol. The van der Waals surface area contributed by atoms with Crippen LogP contribution < -0.4 is 10.1 Å². The van der Waals surface area contributed by atoms with E-state index in [9.17, 15) is 4.39 Å². The third kappa shape index (κ3) is 3.23. The maximum Gasteiger partial charge on any atom is 0.169 e. The Morgan fingerprint density at radius 1 is 1.47 bits per heavy atom. The van der Waals surface area contributed by atoms with Crippen molar-refractivity contribution in [2.24, 2.45) is 0 Å². The molecular formula is C15H22FNOS. The molecule has 0 aliphatic carbocycles. The lowest BCUT2D eigenvalue weighted by Gasteiger charge is -2.21. The van der Waals surface area contributed by atoms with Crippen LogP contribution in [-0.4, -0.2) is 18.9 Å². The summed E-state index contributed by atoms with van der Waals surface area (Å²) in [6.07, 6.45) is 2.13. The van der Waals surface area contributed by atoms with E-state index in [-0.39, 0.29) is 11.9 Å². The van der Waals surface area contributed by atoms with Crippen LogP contribution >= 0.6 is 11.8 Å². The van der Waals surface area contributed by atoms with Crippen LogP contribution in [0.4, 0.5) is 4.39 Å². The van der Waals surface area contributed by atoms with Gasteiger partial charge in [-0.15, -0.1) is 0 Å². The molecule has 2 nitrogen and oxygen atoms in total. The first-order chi connectivity index (χ1) is 9.17. The van der Waals surface area contributed by atoms with E-state index >= 15 is 0 Å². The molecule has 0 aromatic heterocycles. The quantitative estimate of drug-likeness (QED) is 0.905. The van der Waals surface area contributed by atoms with Crippen LogP contribution in [0, 0.1) is 5.82 Å². The van der Waals surface area contributed by atoms with Crippen molar-refractivity contribution < 1.29 is 9.13 Å². The summed E-state index contributed by atoms with van der Waals surface area (Å²) < 4.78 is 19.5. The SMILES string of the molecule is CCCNC1CC(C)SCc2c1ccc(OC)c2F. The molecular weight excluding hydrogens is 261 g/mol. The number of fused-ring (bicyclic) bond motifs is 1. The van der Waals surface area contributed by atoms with E-state index in [1.165, 1.54) is 7.11 Å². The minimum Gasteiger partial charge on any atom is -0.494 e. The summed E-state index contributed by atoms with van der Waals surface area (Å²) in [5, 5.41) is 4.08. The Hall–Kier alpha value is -0.740. The number of rotatable bonds is 4. The minimum atomic E-state index is -0.190. The van der Waals surface area contributed by atoms with Crippen molar-refractivity contribution in [3.63, 3.8) is 0 Å². The lowest BCUT2D eigenvalue weighted by molar-refractivity contribution is 0.383. The van der Waals surface area contributed by atoms with E-state index < -0.39 is 0 Å². The molecule has 106 valence electrons. The first kappa shape index (κ1) is 14.7. The number of nitrogens with one attached hydrogen (secondary N) is 1. The van der Waals surface area contributed by atoms with E-state index in [0.29, 0.717) is 11.0 Å². The molecule has 0 radical (unpaired) electrons. The molecule has 0 amide bonds. The third-order valence-electron chi connectivity index (χ3n) is 3.56. The zero-order valence-corrected chi connectivity index (χ0v) is 12.6. The molecule has 1 aromatic rings. The molecule has 0 spiro atoms. The fourth-order valence-corrected chi connectivity index (χ4v) is 3.58. The highest BCUT2D eigenvalue weighted by Crippen LogP contribution is 2.38. The van der Waals surface area contributed by atoms with Crippen molar-refractivity contribution in [3.8, 4) is 5.75 Å². The van der Waals surface area contributed by atoms with Gasteiger partial charge in [0.05, 0.1) is 7.11 Å². The predicted molar refractivity (Wildman–Crippen MR) is 79.4 cm³/mol. The van der Waals surface area contributed by atoms with Gasteiger partial charge in [0.1, 0.15) is 0 Å². The Labute approximate surface area is 119 Å². The molecule has 4 heteroatoms. The minimum absolute atomic E-state index is 0.190. The number of hydrogen-bond acceptors (Lipinski definition) is 3. The van der Waals surface area contributed by atoms with Gasteiger partial charge in [-0.05, 0) is 31.0 Å². The summed E-state index contributed by atoms with van der Waals surface area (Å²) in [7, 11) is 1.52. The molecule has 0 saturated carbocycles. The number of methoxy groups -OCH3 is 1. The molecule has 19 heavy (non-hydrogen) atoms. The lowest BCUT2D eigenvalue weighted by Crippen LogP contribution is -2.24. The van der Waals surface area contributed by atoms with E-state index in [4.69, 9.17) is 4.74 Å². The maximum absolute atomic E-state index is 14.4. The van der Waals surface area contributed by atoms with Crippen LogP contribution in [0.5, 0.6) is 5.75 Å². The molecule has 2 atom stereocenters. The lowest BCUT2D eigenvalue weighted by atomic mass is 9.97. The van der Waals surface area contributed by atoms with Crippen molar-refractivity contribution in [3.05, 3.63) is 29.1 Å². The summed E-state index contributed by atoms with van der Waals surface area (Å²) in [5.74, 6) is 0.886. The predicted octanol–water partition coefficient (Wildman–Crippen LogP) is 3.90. The van der Waals surface area contributed by atoms with E-state index in [1.54, 1.807) is 6.07 Å². The molecule has 1 heterocycles. The Kier molecular flexibility index (Phi) is 5.11. The Bertz CT molecular complexity index is 438. The molecule has 1 aromatic carbocycles. The second-order valence-corrected chi connectivity index (χ2v) is 6.44. The summed E-state index contributed by atoms with van der Waals surface area (Å²) in [6.45, 7) is 5.33. The van der Waals surface area contributed by atoms with Crippen LogP contribution in [0.3, 0.4) is 0 Å². The van der Waals surface area contributed by atoms with Crippen LogP contribution in [0.25, 0.3) is 0 Å². The van der Waals surface area contributed by atoms with Gasteiger partial charge in [-0.25, -0.2) is 4.39 Å². The number of benzene rings is 1. The fourth-order valence-electron chi connectivity index (χ4n) is 2.51. The second kappa shape index (κ2) is 6.62. The Morgan fingerprint density at radius 3 is 2.95 bits per heavy atom. The van der Waals surface area contributed by atoms with Gasteiger partial charge in [0.25, 0.3) is 0 Å². The van der Waals surface area contributed by atoms with Gasteiger partial charge in [0, 0.05) is 22.6 Å². The number of hydrogen-bond donors (Lipinski definition) is 1. The Morgan fingerprint density at radius 2 is 2.26 bits per heavy atom. The van der Waals surface area contributed by atoms with E-state index in [1.807, 2.05) is 17.8 Å². The van der Waals surface area contributed by atoms with E-state index in [2.05, 4.69) is 19.2 Å². The number of ether oxygens (including phenoxy) is 1. The molecule has 2 unspecified atom stereocenters. The van der Waals surface area contributed by atoms with Crippen molar-refractivity contribution in [2.75, 3.05) is 13.7 Å². The number of thioether (sulfide) groups is 1. The largest absolute Gasteiger partial charge is 0.494 e. The van der Waals surface area contributed by atoms with Gasteiger partial charge in [0.15, 0.2) is 11.6 Å². The van der Waals surface area contributed by atoms with Gasteiger partial charge < -0.3 is 10.1 Å². The first-order valence-corrected chi connectivity index (χ1v) is 7.92. The first-order valence-electron chi connectivity index (χ1n) is 6.87. The highest BCUT2D eigenvalue weighted by Gasteiger charge is 2.25. The third-order valence-corrected chi connectivity index (χ3v) is 4.78. The standard InChI is InChI=1S/C15H22FNOS/c1-4-7-17-13-8-10(2)19-9-12-11(13)5-6-14(18-3)15(12)16/h5-6,10,13,17H,4,7-9H2,1-3H3. The zero-order valence-electron chi connectivity index (χ0n) is 11.8. The van der Waals surface area contributed by atoms with Gasteiger partial charge in [0.2, 0.25) is 0 Å². The summed E-state index contributed by atoms with van der Waals surface area (Å²) in [5.41, 5.74) is 1.91. The van der Waals surface area contributed by atoms with Gasteiger partial charge in [-0.2, -0.15) is 11.8 Å². The molecule has 0 fully saturated rings. The van der Waals surface area contributed by atoms with Crippen LogP contribution in [0.2, 0.25) is 0 Å². The maximum atomic E-state index is 14.4. The zero-order chi connectivity index (χ0) is 13.8. The fraction of sp³-hybridized carbons (Fsp3) is 0.600. The summed E-state index contributed by atoms with van der Waals surface area (Å²) in [4.78, 5) is 0. The summed E-state index contributed by atoms with van der Waals surface area (Å²) in [6, 6.07) is 4.01. The van der Waals surface area contributed by atoms with Crippen LogP contribution in [0.1, 0.15) is 43.9 Å². The normalized spacial score (nSPS) is 22.7. The second-order valence-electron chi connectivity index (χ2n) is 5.01. The summed E-state index contributed by atoms with van der Waals surface area (Å²) >= 11 is 1.82. The average Bonchev–Trinajstić information content (AvgIpc) is 2.57. The Balaban J connectivity index is 2.36. The smallest absolute Gasteiger partial charge is 0.169 e. The monoisotopic (exact) mass is 283 g/mol. The molecule has 1 N–H and O–H groups in total. The van der Waals surface area contributed by atoms with Gasteiger partial charge in [-0.1, -0.05) is 19.9 Å². The van der Waals surface area contributed by atoms with Crippen molar-refractivity contribution >= 4 is 11.8 Å². The highest BCUT2D eigenvalue weighted by molar-refractivity contribution is 7.99. The molecule has 1 aliphatic heterocycles. The van der Waals surface area contributed by atoms with Crippen LogP contribution in [-0.2, 0) is 5.75 Å². The van der Waals surface area contributed by atoms with Crippen molar-refractivity contribution in [2.45, 2.75) is 43.7 Å². The van der Waals surface area contributed by atoms with Crippen molar-refractivity contribution in [1.29, 1.82) is 0 Å². The van der Waals surface area contributed by atoms with E-state index in [0.717, 1.165) is 36.3 Å². The van der Waals surface area contributed by atoms with Gasteiger partial charge in [-0.3, -0.25) is 0 Å². The highest BCUT2D eigenvalue weighted by atomic mass is 32.2. The molecule has 0 bridgehead atoms. The topological polar surface area (TPSA) is 21.3 Å². The molecule has 0 saturated heterocycles. The molecule has 1 aliphatic rings. The van der Waals surface area contributed by atoms with Crippen LogP contribution in [0.15, 0.2) is 12.1 Å². The van der Waals surface area contributed by atoms with Gasteiger partial charge >= 0.3 is 0 Å². The molecule has 2 rings (SSSR count). The van der Waals surface area contributed by atoms with Crippen molar-refractivity contribution in [1.82, 2.24) is 5.32 Å².